The monoisotopic (exact) mass is 180 g/mol. The second-order valence-corrected chi connectivity index (χ2v) is 4.19. The summed E-state index contributed by atoms with van der Waals surface area (Å²) in [5.41, 5.74) is 2.44. The summed E-state index contributed by atoms with van der Waals surface area (Å²) in [5.74, 6) is 1.98. The van der Waals surface area contributed by atoms with E-state index in [1.165, 1.54) is 5.56 Å². The van der Waals surface area contributed by atoms with Gasteiger partial charge in [0.2, 0.25) is 0 Å². The summed E-state index contributed by atoms with van der Waals surface area (Å²) in [6.07, 6.45) is 0.839. The van der Waals surface area contributed by atoms with Gasteiger partial charge in [-0.15, -0.1) is 0 Å². The Labute approximate surface area is 76.8 Å². The van der Waals surface area contributed by atoms with Crippen molar-refractivity contribution in [1.82, 2.24) is 0 Å². The number of aliphatic hydroxyl groups excluding tert-OH is 1. The molecule has 0 radical (unpaired) electrons. The Morgan fingerprint density at radius 2 is 2.17 bits per heavy atom. The molecule has 0 unspecified atom stereocenters. The van der Waals surface area contributed by atoms with Gasteiger partial charge >= 0.3 is 0 Å². The standard InChI is InChI=1S/C10H12OS/c11-10-7-12-6-5-8-3-1-2-4-9(8)10/h1-4,10-11H,5-7H2/t10-/m0/s1. The van der Waals surface area contributed by atoms with E-state index in [1.807, 2.05) is 30.0 Å². The predicted octanol–water partition coefficient (Wildman–Crippen LogP) is 2.01. The van der Waals surface area contributed by atoms with Crippen molar-refractivity contribution < 1.29 is 5.11 Å². The van der Waals surface area contributed by atoms with Crippen molar-refractivity contribution in [2.75, 3.05) is 11.5 Å². The van der Waals surface area contributed by atoms with Crippen molar-refractivity contribution >= 4 is 11.8 Å². The molecule has 0 fully saturated rings. The molecule has 1 aromatic carbocycles. The van der Waals surface area contributed by atoms with E-state index in [9.17, 15) is 5.11 Å². The molecule has 0 spiro atoms. The average Bonchev–Trinajstić information content (AvgIpc) is 2.29. The van der Waals surface area contributed by atoms with Gasteiger partial charge in [0.25, 0.3) is 0 Å². The van der Waals surface area contributed by atoms with Crippen LogP contribution in [0.5, 0.6) is 0 Å². The number of rotatable bonds is 0. The first-order valence-electron chi connectivity index (χ1n) is 4.21. The zero-order chi connectivity index (χ0) is 8.39. The summed E-state index contributed by atoms with van der Waals surface area (Å²) < 4.78 is 0. The molecule has 1 N–H and O–H groups in total. The smallest absolute Gasteiger partial charge is 0.0883 e. The fourth-order valence-corrected chi connectivity index (χ4v) is 2.49. The van der Waals surface area contributed by atoms with Crippen LogP contribution < -0.4 is 0 Å². The van der Waals surface area contributed by atoms with Gasteiger partial charge in [0.15, 0.2) is 0 Å². The van der Waals surface area contributed by atoms with Crippen LogP contribution in [-0.4, -0.2) is 16.6 Å². The topological polar surface area (TPSA) is 20.2 Å². The minimum Gasteiger partial charge on any atom is -0.388 e. The third kappa shape index (κ3) is 1.50. The minimum atomic E-state index is -0.256. The van der Waals surface area contributed by atoms with Crippen LogP contribution in [0.3, 0.4) is 0 Å². The molecular formula is C10H12OS. The number of benzene rings is 1. The quantitative estimate of drug-likeness (QED) is 0.659. The van der Waals surface area contributed by atoms with Crippen molar-refractivity contribution in [2.24, 2.45) is 0 Å². The van der Waals surface area contributed by atoms with Gasteiger partial charge in [-0.25, -0.2) is 0 Å². The van der Waals surface area contributed by atoms with Gasteiger partial charge in [-0.3, -0.25) is 0 Å². The maximum absolute atomic E-state index is 9.72. The molecule has 2 heteroatoms. The van der Waals surface area contributed by atoms with E-state index < -0.39 is 0 Å². The van der Waals surface area contributed by atoms with Crippen LogP contribution in [0.15, 0.2) is 24.3 Å². The first-order chi connectivity index (χ1) is 5.88. The Balaban J connectivity index is 2.39. The average molecular weight is 180 g/mol. The summed E-state index contributed by atoms with van der Waals surface area (Å²) >= 11 is 1.83. The molecule has 1 nitrogen and oxygen atoms in total. The van der Waals surface area contributed by atoms with Crippen molar-refractivity contribution in [3.63, 3.8) is 0 Å². The molecule has 0 amide bonds. The molecule has 1 aliphatic rings. The van der Waals surface area contributed by atoms with Gasteiger partial charge in [0.05, 0.1) is 6.10 Å². The van der Waals surface area contributed by atoms with E-state index >= 15 is 0 Å². The fourth-order valence-electron chi connectivity index (χ4n) is 1.55. The van der Waals surface area contributed by atoms with Gasteiger partial charge in [0, 0.05) is 5.75 Å². The van der Waals surface area contributed by atoms with Crippen LogP contribution in [0.25, 0.3) is 0 Å². The number of aryl methyl sites for hydroxylation is 1. The summed E-state index contributed by atoms with van der Waals surface area (Å²) in [7, 11) is 0. The molecule has 0 saturated heterocycles. The van der Waals surface area contributed by atoms with Gasteiger partial charge < -0.3 is 5.11 Å². The van der Waals surface area contributed by atoms with Gasteiger partial charge in [-0.1, -0.05) is 24.3 Å². The largest absolute Gasteiger partial charge is 0.388 e. The van der Waals surface area contributed by atoms with E-state index in [0.29, 0.717) is 0 Å². The maximum atomic E-state index is 9.72. The van der Waals surface area contributed by atoms with E-state index in [-0.39, 0.29) is 6.10 Å². The van der Waals surface area contributed by atoms with Crippen molar-refractivity contribution in [3.8, 4) is 0 Å². The predicted molar refractivity (Wildman–Crippen MR) is 52.4 cm³/mol. The summed E-state index contributed by atoms with van der Waals surface area (Å²) in [5, 5.41) is 9.72. The zero-order valence-electron chi connectivity index (χ0n) is 6.86. The van der Waals surface area contributed by atoms with Crippen LogP contribution in [0, 0.1) is 0 Å². The Hall–Kier alpha value is -0.470. The fraction of sp³-hybridized carbons (Fsp3) is 0.400. The molecule has 64 valence electrons. The van der Waals surface area contributed by atoms with Crippen molar-refractivity contribution in [2.45, 2.75) is 12.5 Å². The second kappa shape index (κ2) is 3.50. The van der Waals surface area contributed by atoms with Crippen LogP contribution in [0.1, 0.15) is 17.2 Å². The number of thioether (sulfide) groups is 1. The maximum Gasteiger partial charge on any atom is 0.0883 e. The SMILES string of the molecule is O[C@H]1CSCCc2ccccc21. The molecule has 0 aliphatic carbocycles. The number of hydrogen-bond acceptors (Lipinski definition) is 2. The number of aliphatic hydroxyl groups is 1. The lowest BCUT2D eigenvalue weighted by Crippen LogP contribution is -2.00. The Morgan fingerprint density at radius 3 is 3.08 bits per heavy atom. The molecule has 1 aliphatic heterocycles. The Morgan fingerprint density at radius 1 is 1.33 bits per heavy atom. The van der Waals surface area contributed by atoms with Gasteiger partial charge in [-0.05, 0) is 23.3 Å². The van der Waals surface area contributed by atoms with E-state index in [4.69, 9.17) is 0 Å². The lowest BCUT2D eigenvalue weighted by molar-refractivity contribution is 0.204. The van der Waals surface area contributed by atoms with E-state index in [1.54, 1.807) is 0 Å². The van der Waals surface area contributed by atoms with Crippen molar-refractivity contribution in [1.29, 1.82) is 0 Å². The Bertz CT molecular complexity index is 272. The van der Waals surface area contributed by atoms with Crippen LogP contribution in [0.2, 0.25) is 0 Å². The van der Waals surface area contributed by atoms with Gasteiger partial charge in [-0.2, -0.15) is 11.8 Å². The molecular weight excluding hydrogens is 168 g/mol. The summed E-state index contributed by atoms with van der Waals surface area (Å²) in [6, 6.07) is 8.19. The first kappa shape index (κ1) is 8.14. The normalized spacial score (nSPS) is 22.9. The van der Waals surface area contributed by atoms with Crippen LogP contribution in [0.4, 0.5) is 0 Å². The molecule has 1 heterocycles. The second-order valence-electron chi connectivity index (χ2n) is 3.04. The van der Waals surface area contributed by atoms with Crippen molar-refractivity contribution in [3.05, 3.63) is 35.4 Å². The highest BCUT2D eigenvalue weighted by atomic mass is 32.2. The minimum absolute atomic E-state index is 0.256. The van der Waals surface area contributed by atoms with Gasteiger partial charge in [0.1, 0.15) is 0 Å². The third-order valence-corrected chi connectivity index (χ3v) is 3.25. The van der Waals surface area contributed by atoms with Crippen LogP contribution >= 0.6 is 11.8 Å². The van der Waals surface area contributed by atoms with E-state index in [2.05, 4.69) is 6.07 Å². The summed E-state index contributed by atoms with van der Waals surface area (Å²) in [4.78, 5) is 0. The highest BCUT2D eigenvalue weighted by Crippen LogP contribution is 2.26. The van der Waals surface area contributed by atoms with Crippen LogP contribution in [-0.2, 0) is 6.42 Å². The molecule has 0 bridgehead atoms. The zero-order valence-corrected chi connectivity index (χ0v) is 7.68. The third-order valence-electron chi connectivity index (χ3n) is 2.21. The first-order valence-corrected chi connectivity index (χ1v) is 5.37. The molecule has 0 aromatic heterocycles. The number of hydrogen-bond donors (Lipinski definition) is 1. The lowest BCUT2D eigenvalue weighted by atomic mass is 10.0. The summed E-state index contributed by atoms with van der Waals surface area (Å²) in [6.45, 7) is 0. The lowest BCUT2D eigenvalue weighted by Gasteiger charge is -2.09. The Kier molecular flexibility index (Phi) is 2.38. The highest BCUT2D eigenvalue weighted by Gasteiger charge is 2.14. The molecule has 2 rings (SSSR count). The molecule has 1 aromatic rings. The highest BCUT2D eigenvalue weighted by molar-refractivity contribution is 7.99. The van der Waals surface area contributed by atoms with E-state index in [0.717, 1.165) is 23.5 Å². The molecule has 12 heavy (non-hydrogen) atoms. The molecule has 1 atom stereocenters. The number of fused-ring (bicyclic) bond motifs is 1. The molecule has 0 saturated carbocycles.